The van der Waals surface area contributed by atoms with E-state index in [4.69, 9.17) is 8.92 Å². The van der Waals surface area contributed by atoms with Crippen LogP contribution in [0.2, 0.25) is 0 Å². The lowest BCUT2D eigenvalue weighted by Gasteiger charge is -2.26. The molecule has 1 unspecified atom stereocenters. The van der Waals surface area contributed by atoms with Gasteiger partial charge in [0.25, 0.3) is 10.1 Å². The van der Waals surface area contributed by atoms with Crippen molar-refractivity contribution in [3.63, 3.8) is 0 Å². The minimum atomic E-state index is -3.76. The summed E-state index contributed by atoms with van der Waals surface area (Å²) in [6.45, 7) is 2.02. The molecule has 3 rings (SSSR count). The summed E-state index contributed by atoms with van der Waals surface area (Å²) in [5.41, 5.74) is 2.27. The molecule has 1 atom stereocenters. The zero-order chi connectivity index (χ0) is 16.4. The smallest absolute Gasteiger partial charge is 0.297 e. The zero-order valence-electron chi connectivity index (χ0n) is 12.7. The van der Waals surface area contributed by atoms with Crippen LogP contribution in [0.25, 0.3) is 0 Å². The minimum absolute atomic E-state index is 0.0196. The molecule has 0 amide bonds. The van der Waals surface area contributed by atoms with E-state index in [1.165, 1.54) is 12.1 Å². The van der Waals surface area contributed by atoms with Crippen LogP contribution < -0.4 is 4.74 Å². The fraction of sp³-hybridized carbons (Fsp3) is 0.294. The van der Waals surface area contributed by atoms with E-state index in [1.54, 1.807) is 12.1 Å². The van der Waals surface area contributed by atoms with E-state index in [9.17, 15) is 8.42 Å². The van der Waals surface area contributed by atoms with Gasteiger partial charge in [0.15, 0.2) is 0 Å². The van der Waals surface area contributed by atoms with Crippen molar-refractivity contribution < 1.29 is 17.3 Å². The summed E-state index contributed by atoms with van der Waals surface area (Å²) in [5.74, 6) is 0.825. The summed E-state index contributed by atoms with van der Waals surface area (Å²) in [5, 5.41) is 0. The number of hydrogen-bond acceptors (Lipinski definition) is 4. The maximum Gasteiger partial charge on any atom is 0.297 e. The van der Waals surface area contributed by atoms with E-state index < -0.39 is 10.1 Å². The van der Waals surface area contributed by atoms with Gasteiger partial charge in [-0.05, 0) is 61.2 Å². The second kappa shape index (κ2) is 6.63. The number of fused-ring (bicyclic) bond motifs is 1. The lowest BCUT2D eigenvalue weighted by Crippen LogP contribution is -2.29. The number of hydrogen-bond donors (Lipinski definition) is 0. The van der Waals surface area contributed by atoms with E-state index in [-0.39, 0.29) is 17.6 Å². The normalized spacial score (nSPS) is 17.4. The minimum Gasteiger partial charge on any atom is -0.488 e. The molecular formula is C17H17BrO4S. The monoisotopic (exact) mass is 396 g/mol. The molecule has 0 saturated heterocycles. The Bertz CT molecular complexity index is 800. The van der Waals surface area contributed by atoms with Crippen molar-refractivity contribution in [1.29, 1.82) is 0 Å². The molecule has 23 heavy (non-hydrogen) atoms. The van der Waals surface area contributed by atoms with Gasteiger partial charge >= 0.3 is 0 Å². The molecule has 122 valence electrons. The number of ether oxygens (including phenoxy) is 1. The largest absolute Gasteiger partial charge is 0.488 e. The predicted octanol–water partition coefficient (Wildman–Crippen LogP) is 3.86. The van der Waals surface area contributed by atoms with E-state index in [0.717, 1.165) is 34.2 Å². The first-order valence-electron chi connectivity index (χ1n) is 7.35. The van der Waals surface area contributed by atoms with E-state index in [2.05, 4.69) is 28.1 Å². The van der Waals surface area contributed by atoms with Crippen LogP contribution in [0.4, 0.5) is 0 Å². The van der Waals surface area contributed by atoms with Gasteiger partial charge in [0.1, 0.15) is 18.5 Å². The number of benzene rings is 2. The van der Waals surface area contributed by atoms with Gasteiger partial charge in [0, 0.05) is 4.47 Å². The molecule has 1 aliphatic rings. The molecule has 1 heterocycles. The van der Waals surface area contributed by atoms with Crippen molar-refractivity contribution in [2.45, 2.75) is 30.8 Å². The molecular weight excluding hydrogens is 380 g/mol. The van der Waals surface area contributed by atoms with E-state index in [1.807, 2.05) is 13.0 Å². The molecule has 0 aliphatic carbocycles. The molecule has 0 spiro atoms. The van der Waals surface area contributed by atoms with Crippen molar-refractivity contribution in [2.24, 2.45) is 0 Å². The highest BCUT2D eigenvalue weighted by molar-refractivity contribution is 9.10. The molecule has 6 heteroatoms. The third-order valence-electron chi connectivity index (χ3n) is 3.76. The third-order valence-corrected chi connectivity index (χ3v) is 5.59. The highest BCUT2D eigenvalue weighted by atomic mass is 79.9. The maximum absolute atomic E-state index is 12.2. The third kappa shape index (κ3) is 3.94. The SMILES string of the molecule is Cc1ccc2c(c1)OC(COS(=O)(=O)c1ccc(Br)cc1)CC2. The van der Waals surface area contributed by atoms with Crippen LogP contribution in [0.3, 0.4) is 0 Å². The van der Waals surface area contributed by atoms with Gasteiger partial charge in [-0.25, -0.2) is 0 Å². The molecule has 1 aliphatic heterocycles. The average molecular weight is 397 g/mol. The van der Waals surface area contributed by atoms with Gasteiger partial charge in [-0.3, -0.25) is 4.18 Å². The number of halogens is 1. The second-order valence-corrected chi connectivity index (χ2v) is 8.11. The summed E-state index contributed by atoms with van der Waals surface area (Å²) in [7, 11) is -3.76. The summed E-state index contributed by atoms with van der Waals surface area (Å²) in [6, 6.07) is 12.5. The van der Waals surface area contributed by atoms with Crippen LogP contribution in [-0.4, -0.2) is 21.1 Å². The molecule has 0 N–H and O–H groups in total. The van der Waals surface area contributed by atoms with Crippen LogP contribution in [0.1, 0.15) is 17.5 Å². The molecule has 2 aromatic carbocycles. The van der Waals surface area contributed by atoms with Crippen LogP contribution in [-0.2, 0) is 20.7 Å². The Labute approximate surface area is 144 Å². The van der Waals surface area contributed by atoms with Gasteiger partial charge in [-0.1, -0.05) is 28.1 Å². The highest BCUT2D eigenvalue weighted by Crippen LogP contribution is 2.29. The van der Waals surface area contributed by atoms with Crippen molar-refractivity contribution in [1.82, 2.24) is 0 Å². The Kier molecular flexibility index (Phi) is 4.75. The van der Waals surface area contributed by atoms with Crippen LogP contribution in [0.5, 0.6) is 5.75 Å². The molecule has 2 aromatic rings. The van der Waals surface area contributed by atoms with Gasteiger partial charge in [-0.15, -0.1) is 0 Å². The molecule has 0 radical (unpaired) electrons. The topological polar surface area (TPSA) is 52.6 Å². The second-order valence-electron chi connectivity index (χ2n) is 5.58. The van der Waals surface area contributed by atoms with Gasteiger partial charge in [0.2, 0.25) is 0 Å². The van der Waals surface area contributed by atoms with Crippen molar-refractivity contribution in [3.8, 4) is 5.75 Å². The van der Waals surface area contributed by atoms with Crippen molar-refractivity contribution in [3.05, 3.63) is 58.1 Å². The first-order valence-corrected chi connectivity index (χ1v) is 9.55. The first kappa shape index (κ1) is 16.5. The number of aryl methyl sites for hydroxylation is 2. The molecule has 0 aromatic heterocycles. The Hall–Kier alpha value is -1.37. The Morgan fingerprint density at radius 1 is 1.22 bits per heavy atom. The Morgan fingerprint density at radius 3 is 2.70 bits per heavy atom. The maximum atomic E-state index is 12.2. The summed E-state index contributed by atoms with van der Waals surface area (Å²) < 4.78 is 36.2. The zero-order valence-corrected chi connectivity index (χ0v) is 15.1. The summed E-state index contributed by atoms with van der Waals surface area (Å²) in [4.78, 5) is 0.146. The lowest BCUT2D eigenvalue weighted by molar-refractivity contribution is 0.112. The fourth-order valence-corrected chi connectivity index (χ4v) is 3.69. The van der Waals surface area contributed by atoms with Crippen molar-refractivity contribution in [2.75, 3.05) is 6.61 Å². The Balaban J connectivity index is 1.66. The fourth-order valence-electron chi connectivity index (χ4n) is 2.49. The molecule has 0 saturated carbocycles. The first-order chi connectivity index (χ1) is 10.9. The lowest BCUT2D eigenvalue weighted by atomic mass is 10.0. The van der Waals surface area contributed by atoms with Gasteiger partial charge in [-0.2, -0.15) is 8.42 Å². The quantitative estimate of drug-likeness (QED) is 0.736. The molecule has 0 bridgehead atoms. The summed E-state index contributed by atoms with van der Waals surface area (Å²) in [6.07, 6.45) is 1.35. The van der Waals surface area contributed by atoms with Gasteiger partial charge in [0.05, 0.1) is 4.90 Å². The number of rotatable bonds is 4. The molecule has 0 fully saturated rings. The Morgan fingerprint density at radius 2 is 1.96 bits per heavy atom. The van der Waals surface area contributed by atoms with Gasteiger partial charge < -0.3 is 4.74 Å². The standard InChI is InChI=1S/C17H17BrO4S/c1-12-2-3-13-4-7-15(22-17(13)10-12)11-21-23(19,20)16-8-5-14(18)6-9-16/h2-3,5-6,8-10,15H,4,7,11H2,1H3. The molecule has 4 nitrogen and oxygen atoms in total. The highest BCUT2D eigenvalue weighted by Gasteiger charge is 2.23. The van der Waals surface area contributed by atoms with Crippen molar-refractivity contribution >= 4 is 26.0 Å². The summed E-state index contributed by atoms with van der Waals surface area (Å²) >= 11 is 3.28. The van der Waals surface area contributed by atoms with Crippen LogP contribution >= 0.6 is 15.9 Å². The predicted molar refractivity (Wildman–Crippen MR) is 91.2 cm³/mol. The van der Waals surface area contributed by atoms with E-state index in [0.29, 0.717) is 0 Å². The van der Waals surface area contributed by atoms with Crippen LogP contribution in [0, 0.1) is 6.92 Å². The average Bonchev–Trinajstić information content (AvgIpc) is 2.53. The van der Waals surface area contributed by atoms with Crippen LogP contribution in [0.15, 0.2) is 51.8 Å². The van der Waals surface area contributed by atoms with E-state index >= 15 is 0 Å².